The topological polar surface area (TPSA) is 69.0 Å². The largest absolute Gasteiger partial charge is 0.383 e. The van der Waals surface area contributed by atoms with Crippen LogP contribution in [0, 0.1) is 6.92 Å². The molecule has 0 aliphatic carbocycles. The fraction of sp³-hybridized carbons (Fsp3) is 0.350. The van der Waals surface area contributed by atoms with E-state index in [1.54, 1.807) is 13.3 Å². The number of anilines is 1. The van der Waals surface area contributed by atoms with Gasteiger partial charge in [-0.2, -0.15) is 0 Å². The first-order valence-corrected chi connectivity index (χ1v) is 8.83. The Hall–Kier alpha value is -2.73. The van der Waals surface area contributed by atoms with Crippen molar-refractivity contribution in [1.29, 1.82) is 0 Å². The van der Waals surface area contributed by atoms with E-state index >= 15 is 0 Å². The molecule has 0 aliphatic rings. The molecule has 0 saturated heterocycles. The van der Waals surface area contributed by atoms with Gasteiger partial charge in [0, 0.05) is 38.4 Å². The number of aryl methyl sites for hydroxylation is 2. The molecule has 1 amide bonds. The van der Waals surface area contributed by atoms with Crippen molar-refractivity contribution in [3.63, 3.8) is 0 Å². The van der Waals surface area contributed by atoms with Crippen LogP contribution in [0.4, 0.5) is 5.69 Å². The highest BCUT2D eigenvalue weighted by atomic mass is 16.5. The Morgan fingerprint density at radius 2 is 2.04 bits per heavy atom. The van der Waals surface area contributed by atoms with E-state index in [4.69, 9.17) is 4.74 Å². The van der Waals surface area contributed by atoms with Crippen molar-refractivity contribution in [2.45, 2.75) is 32.7 Å². The molecule has 0 unspecified atom stereocenters. The van der Waals surface area contributed by atoms with Crippen molar-refractivity contribution in [2.24, 2.45) is 0 Å². The lowest BCUT2D eigenvalue weighted by molar-refractivity contribution is -0.116. The van der Waals surface area contributed by atoms with Crippen LogP contribution in [0.2, 0.25) is 0 Å². The van der Waals surface area contributed by atoms with Gasteiger partial charge >= 0.3 is 0 Å². The summed E-state index contributed by atoms with van der Waals surface area (Å²) in [4.78, 5) is 21.2. The predicted molar refractivity (Wildman–Crippen MR) is 102 cm³/mol. The first-order chi connectivity index (χ1) is 12.7. The number of benzene rings is 1. The zero-order valence-corrected chi connectivity index (χ0v) is 15.2. The summed E-state index contributed by atoms with van der Waals surface area (Å²) in [6.07, 6.45) is 3.68. The normalized spacial score (nSPS) is 11.0. The van der Waals surface area contributed by atoms with Gasteiger partial charge in [-0.3, -0.25) is 4.79 Å². The molecule has 1 aromatic carbocycles. The summed E-state index contributed by atoms with van der Waals surface area (Å²) in [6.45, 7) is 3.33. The third kappa shape index (κ3) is 4.46. The minimum absolute atomic E-state index is 0.0199. The van der Waals surface area contributed by atoms with Gasteiger partial charge in [0.15, 0.2) is 5.65 Å². The highest BCUT2D eigenvalue weighted by molar-refractivity contribution is 5.90. The van der Waals surface area contributed by atoms with Gasteiger partial charge in [-0.25, -0.2) is 9.97 Å². The quantitative estimate of drug-likeness (QED) is 0.675. The molecule has 0 bridgehead atoms. The number of nitrogens with zero attached hydrogens (tertiary/aromatic N) is 3. The SMILES string of the molecule is COCCn1c(CCCC(=O)Nc2ccc(C)cc2)nc2cccnc21. The van der Waals surface area contributed by atoms with Crippen LogP contribution in [-0.2, 0) is 22.5 Å². The number of carbonyl (C=O) groups is 1. The van der Waals surface area contributed by atoms with E-state index in [1.165, 1.54) is 5.56 Å². The number of aromatic nitrogens is 3. The maximum atomic E-state index is 12.1. The monoisotopic (exact) mass is 352 g/mol. The molecule has 0 aliphatic heterocycles. The highest BCUT2D eigenvalue weighted by Crippen LogP contribution is 2.16. The van der Waals surface area contributed by atoms with E-state index in [1.807, 2.05) is 43.3 Å². The van der Waals surface area contributed by atoms with Crippen molar-refractivity contribution in [3.8, 4) is 0 Å². The van der Waals surface area contributed by atoms with Gasteiger partial charge in [-0.15, -0.1) is 0 Å². The fourth-order valence-corrected chi connectivity index (χ4v) is 2.88. The molecule has 1 N–H and O–H groups in total. The average molecular weight is 352 g/mol. The molecule has 6 nitrogen and oxygen atoms in total. The third-order valence-corrected chi connectivity index (χ3v) is 4.24. The molecule has 0 spiro atoms. The van der Waals surface area contributed by atoms with E-state index < -0.39 is 0 Å². The summed E-state index contributed by atoms with van der Waals surface area (Å²) in [5, 5.41) is 2.93. The maximum Gasteiger partial charge on any atom is 0.224 e. The number of fused-ring (bicyclic) bond motifs is 1. The number of carbonyl (C=O) groups excluding carboxylic acids is 1. The van der Waals surface area contributed by atoms with Crippen LogP contribution >= 0.6 is 0 Å². The molecule has 0 saturated carbocycles. The maximum absolute atomic E-state index is 12.1. The molecule has 2 heterocycles. The lowest BCUT2D eigenvalue weighted by Crippen LogP contribution is -2.13. The molecule has 3 rings (SSSR count). The van der Waals surface area contributed by atoms with Crippen LogP contribution < -0.4 is 5.32 Å². The zero-order chi connectivity index (χ0) is 18.4. The standard InChI is InChI=1S/C20H24N4O2/c1-15-8-10-16(11-9-15)22-19(25)7-3-6-18-23-17-5-4-12-21-20(17)24(18)13-14-26-2/h4-5,8-12H,3,6-7,13-14H2,1-2H3,(H,22,25). The Morgan fingerprint density at radius 3 is 2.81 bits per heavy atom. The molecular weight excluding hydrogens is 328 g/mol. The number of ether oxygens (including phenoxy) is 1. The highest BCUT2D eigenvalue weighted by Gasteiger charge is 2.12. The van der Waals surface area contributed by atoms with Gasteiger partial charge < -0.3 is 14.6 Å². The molecular formula is C20H24N4O2. The molecule has 0 atom stereocenters. The van der Waals surface area contributed by atoms with Crippen molar-refractivity contribution in [3.05, 3.63) is 54.0 Å². The second-order valence-electron chi connectivity index (χ2n) is 6.29. The van der Waals surface area contributed by atoms with Crippen LogP contribution in [0.15, 0.2) is 42.6 Å². The summed E-state index contributed by atoms with van der Waals surface area (Å²) < 4.78 is 7.28. The molecule has 2 aromatic heterocycles. The second kappa shape index (κ2) is 8.58. The Balaban J connectivity index is 1.60. The Labute approximate surface area is 153 Å². The van der Waals surface area contributed by atoms with Crippen LogP contribution in [0.5, 0.6) is 0 Å². The molecule has 6 heteroatoms. The molecule has 0 radical (unpaired) electrons. The summed E-state index contributed by atoms with van der Waals surface area (Å²) in [6, 6.07) is 11.7. The van der Waals surface area contributed by atoms with Crippen molar-refractivity contribution in [2.75, 3.05) is 19.0 Å². The lowest BCUT2D eigenvalue weighted by Gasteiger charge is -2.08. The first kappa shape index (κ1) is 18.1. The van der Waals surface area contributed by atoms with Crippen molar-refractivity contribution >= 4 is 22.8 Å². The zero-order valence-electron chi connectivity index (χ0n) is 15.2. The molecule has 26 heavy (non-hydrogen) atoms. The van der Waals surface area contributed by atoms with Crippen molar-refractivity contribution in [1.82, 2.24) is 14.5 Å². The number of hydrogen-bond donors (Lipinski definition) is 1. The van der Waals surface area contributed by atoms with Gasteiger partial charge in [0.2, 0.25) is 5.91 Å². The molecule has 0 fully saturated rings. The average Bonchev–Trinajstić information content (AvgIpc) is 2.99. The van der Waals surface area contributed by atoms with Crippen molar-refractivity contribution < 1.29 is 9.53 Å². The second-order valence-corrected chi connectivity index (χ2v) is 6.29. The van der Waals surface area contributed by atoms with Gasteiger partial charge in [0.1, 0.15) is 11.3 Å². The third-order valence-electron chi connectivity index (χ3n) is 4.24. The van der Waals surface area contributed by atoms with Gasteiger partial charge in [-0.05, 0) is 37.6 Å². The van der Waals surface area contributed by atoms with Gasteiger partial charge in [-0.1, -0.05) is 17.7 Å². The lowest BCUT2D eigenvalue weighted by atomic mass is 10.2. The number of amides is 1. The minimum Gasteiger partial charge on any atom is -0.383 e. The summed E-state index contributed by atoms with van der Waals surface area (Å²) in [7, 11) is 1.68. The van der Waals surface area contributed by atoms with Crippen LogP contribution in [0.1, 0.15) is 24.2 Å². The first-order valence-electron chi connectivity index (χ1n) is 8.83. The van der Waals surface area contributed by atoms with Crippen LogP contribution in [0.25, 0.3) is 11.2 Å². The Morgan fingerprint density at radius 1 is 1.23 bits per heavy atom. The number of rotatable bonds is 8. The van der Waals surface area contributed by atoms with Crippen LogP contribution in [0.3, 0.4) is 0 Å². The van der Waals surface area contributed by atoms with E-state index in [0.29, 0.717) is 19.6 Å². The van der Waals surface area contributed by atoms with Gasteiger partial charge in [0.05, 0.1) is 6.61 Å². The Kier molecular flexibility index (Phi) is 5.96. The van der Waals surface area contributed by atoms with Crippen LogP contribution in [-0.4, -0.2) is 34.2 Å². The van der Waals surface area contributed by atoms with E-state index in [2.05, 4.69) is 19.9 Å². The summed E-state index contributed by atoms with van der Waals surface area (Å²) >= 11 is 0. The minimum atomic E-state index is 0.0199. The number of methoxy groups -OCH3 is 1. The number of nitrogens with one attached hydrogen (secondary N) is 1. The Bertz CT molecular complexity index is 871. The number of pyridine rings is 1. The number of hydrogen-bond acceptors (Lipinski definition) is 4. The van der Waals surface area contributed by atoms with E-state index in [0.717, 1.165) is 35.5 Å². The number of imidazole rings is 1. The fourth-order valence-electron chi connectivity index (χ4n) is 2.88. The van der Waals surface area contributed by atoms with E-state index in [9.17, 15) is 4.79 Å². The molecule has 3 aromatic rings. The van der Waals surface area contributed by atoms with Gasteiger partial charge in [0.25, 0.3) is 0 Å². The predicted octanol–water partition coefficient (Wildman–Crippen LogP) is 3.35. The molecule has 136 valence electrons. The smallest absolute Gasteiger partial charge is 0.224 e. The summed E-state index contributed by atoms with van der Waals surface area (Å²) in [5.41, 5.74) is 3.75. The summed E-state index contributed by atoms with van der Waals surface area (Å²) in [5.74, 6) is 0.963. The van der Waals surface area contributed by atoms with E-state index in [-0.39, 0.29) is 5.91 Å².